The zero-order valence-electron chi connectivity index (χ0n) is 17.1. The fourth-order valence-electron chi connectivity index (χ4n) is 3.75. The average molecular weight is 438 g/mol. The van der Waals surface area contributed by atoms with Crippen molar-refractivity contribution in [2.24, 2.45) is 0 Å². The molecule has 9 heteroatoms. The van der Waals surface area contributed by atoms with Crippen LogP contribution in [-0.4, -0.2) is 75.4 Å². The van der Waals surface area contributed by atoms with Crippen molar-refractivity contribution in [3.8, 4) is 0 Å². The van der Waals surface area contributed by atoms with E-state index in [9.17, 15) is 18.3 Å². The van der Waals surface area contributed by atoms with Crippen LogP contribution in [0.4, 0.5) is 0 Å². The van der Waals surface area contributed by atoms with Crippen LogP contribution in [0.15, 0.2) is 47.4 Å². The molecule has 1 amide bonds. The Bertz CT molecular complexity index is 809. The van der Waals surface area contributed by atoms with Crippen molar-refractivity contribution in [1.29, 1.82) is 0 Å². The van der Waals surface area contributed by atoms with Gasteiger partial charge in [-0.25, -0.2) is 13.1 Å². The summed E-state index contributed by atoms with van der Waals surface area (Å²) in [6.45, 7) is 3.25. The lowest BCUT2D eigenvalue weighted by Crippen LogP contribution is -2.49. The third-order valence-electron chi connectivity index (χ3n) is 5.39. The zero-order valence-corrected chi connectivity index (χ0v) is 17.9. The Balaban J connectivity index is 1.48. The fraction of sp³-hybridized carbons (Fsp3) is 0.571. The lowest BCUT2D eigenvalue weighted by atomic mass is 10.1. The third-order valence-corrected chi connectivity index (χ3v) is 6.87. The van der Waals surface area contributed by atoms with E-state index in [2.05, 4.69) is 14.9 Å². The first-order chi connectivity index (χ1) is 14.5. The molecule has 0 saturated carbocycles. The molecule has 3 N–H and O–H groups in total. The molecule has 0 radical (unpaired) electrons. The number of ether oxygens (including phenoxy) is 1. The highest BCUT2D eigenvalue weighted by Crippen LogP contribution is 2.18. The molecule has 0 aliphatic carbocycles. The van der Waals surface area contributed by atoms with Gasteiger partial charge in [-0.1, -0.05) is 36.8 Å². The van der Waals surface area contributed by atoms with E-state index in [1.54, 1.807) is 30.4 Å². The van der Waals surface area contributed by atoms with Gasteiger partial charge < -0.3 is 20.1 Å². The summed E-state index contributed by atoms with van der Waals surface area (Å²) in [5.41, 5.74) is 0. The van der Waals surface area contributed by atoms with E-state index in [-0.39, 0.29) is 23.8 Å². The lowest BCUT2D eigenvalue weighted by molar-refractivity contribution is -0.125. The van der Waals surface area contributed by atoms with Crippen LogP contribution in [0.5, 0.6) is 0 Å². The maximum absolute atomic E-state index is 12.5. The molecule has 166 valence electrons. The Morgan fingerprint density at radius 2 is 1.87 bits per heavy atom. The van der Waals surface area contributed by atoms with Gasteiger partial charge in [-0.15, -0.1) is 0 Å². The minimum atomic E-state index is -3.74. The molecule has 1 fully saturated rings. The van der Waals surface area contributed by atoms with Crippen molar-refractivity contribution >= 4 is 15.9 Å². The predicted octanol–water partition coefficient (Wildman–Crippen LogP) is 0.642. The van der Waals surface area contributed by atoms with E-state index in [0.717, 1.165) is 19.6 Å². The maximum atomic E-state index is 12.5. The Morgan fingerprint density at radius 1 is 1.13 bits per heavy atom. The summed E-state index contributed by atoms with van der Waals surface area (Å²) in [5, 5.41) is 12.6. The number of carbonyl (C=O) groups excluding carboxylic acids is 1. The molecule has 8 nitrogen and oxygen atoms in total. The quantitative estimate of drug-likeness (QED) is 0.490. The van der Waals surface area contributed by atoms with Gasteiger partial charge in [0, 0.05) is 13.1 Å². The van der Waals surface area contributed by atoms with Gasteiger partial charge in [0.1, 0.15) is 6.10 Å². The molecule has 3 rings (SSSR count). The highest BCUT2D eigenvalue weighted by atomic mass is 32.2. The summed E-state index contributed by atoms with van der Waals surface area (Å²) in [4.78, 5) is 14.7. The van der Waals surface area contributed by atoms with Crippen LogP contribution in [0, 0.1) is 0 Å². The van der Waals surface area contributed by atoms with E-state index < -0.39 is 28.3 Å². The molecule has 30 heavy (non-hydrogen) atoms. The summed E-state index contributed by atoms with van der Waals surface area (Å²) >= 11 is 0. The number of hydrogen-bond acceptors (Lipinski definition) is 6. The number of aliphatic hydroxyl groups is 1. The lowest BCUT2D eigenvalue weighted by Gasteiger charge is -2.31. The summed E-state index contributed by atoms with van der Waals surface area (Å²) < 4.78 is 33.4. The Hall–Kier alpha value is -1.78. The summed E-state index contributed by atoms with van der Waals surface area (Å²) in [7, 11) is -3.74. The smallest absolute Gasteiger partial charge is 0.241 e. The number of rotatable bonds is 9. The number of carbonyl (C=O) groups is 1. The van der Waals surface area contributed by atoms with Gasteiger partial charge in [0.2, 0.25) is 15.9 Å². The van der Waals surface area contributed by atoms with Crippen molar-refractivity contribution in [3.63, 3.8) is 0 Å². The number of piperidine rings is 1. The SMILES string of the molecule is O=C(C[C@@H]1C=C[C@@H](NS(=O)(=O)c2ccccc2)[C@H](CO)O1)NCCN1CCCCC1. The minimum absolute atomic E-state index is 0.123. The summed E-state index contributed by atoms with van der Waals surface area (Å²) in [6, 6.07) is 7.32. The average Bonchev–Trinajstić information content (AvgIpc) is 2.76. The topological polar surface area (TPSA) is 108 Å². The number of nitrogens with zero attached hydrogens (tertiary/aromatic N) is 1. The molecule has 0 spiro atoms. The van der Waals surface area contributed by atoms with Gasteiger partial charge in [0.05, 0.1) is 30.1 Å². The molecule has 0 aromatic heterocycles. The van der Waals surface area contributed by atoms with Crippen LogP contribution in [0.25, 0.3) is 0 Å². The second kappa shape index (κ2) is 11.0. The van der Waals surface area contributed by atoms with Crippen LogP contribution < -0.4 is 10.0 Å². The zero-order chi connectivity index (χ0) is 21.4. The van der Waals surface area contributed by atoms with Crippen LogP contribution in [0.3, 0.4) is 0 Å². The number of benzene rings is 1. The van der Waals surface area contributed by atoms with Gasteiger partial charge in [0.25, 0.3) is 0 Å². The Morgan fingerprint density at radius 3 is 2.57 bits per heavy atom. The number of aliphatic hydroxyl groups excluding tert-OH is 1. The van der Waals surface area contributed by atoms with E-state index >= 15 is 0 Å². The van der Waals surface area contributed by atoms with Crippen LogP contribution >= 0.6 is 0 Å². The van der Waals surface area contributed by atoms with Gasteiger partial charge in [-0.2, -0.15) is 0 Å². The van der Waals surface area contributed by atoms with E-state index in [1.165, 1.54) is 31.4 Å². The van der Waals surface area contributed by atoms with Gasteiger partial charge >= 0.3 is 0 Å². The molecule has 2 heterocycles. The van der Waals surface area contributed by atoms with Gasteiger partial charge in [-0.05, 0) is 38.1 Å². The highest BCUT2D eigenvalue weighted by Gasteiger charge is 2.31. The van der Waals surface area contributed by atoms with Crippen molar-refractivity contribution in [2.75, 3.05) is 32.8 Å². The first-order valence-electron chi connectivity index (χ1n) is 10.5. The van der Waals surface area contributed by atoms with Crippen molar-refractivity contribution < 1.29 is 23.1 Å². The number of hydrogen-bond donors (Lipinski definition) is 3. The van der Waals surface area contributed by atoms with Crippen molar-refractivity contribution in [3.05, 3.63) is 42.5 Å². The predicted molar refractivity (Wildman–Crippen MR) is 113 cm³/mol. The van der Waals surface area contributed by atoms with E-state index in [4.69, 9.17) is 4.74 Å². The number of nitrogens with one attached hydrogen (secondary N) is 2. The van der Waals surface area contributed by atoms with E-state index in [1.807, 2.05) is 0 Å². The number of sulfonamides is 1. The molecule has 0 bridgehead atoms. The molecular weight excluding hydrogens is 406 g/mol. The molecule has 1 aromatic rings. The largest absolute Gasteiger partial charge is 0.394 e. The standard InChI is InChI=1S/C21H31N3O5S/c25-16-20-19(23-30(27,28)18-7-3-1-4-8-18)10-9-17(29-20)15-21(26)22-11-14-24-12-5-2-6-13-24/h1,3-4,7-10,17,19-20,23,25H,2,5-6,11-16H2,(H,22,26)/t17-,19+,20-/m0/s1. The first-order valence-corrected chi connectivity index (χ1v) is 12.0. The normalized spacial score (nSPS) is 25.2. The van der Waals surface area contributed by atoms with Crippen LogP contribution in [-0.2, 0) is 19.6 Å². The molecule has 2 aliphatic heterocycles. The molecule has 2 aliphatic rings. The molecule has 1 saturated heterocycles. The monoisotopic (exact) mass is 437 g/mol. The first kappa shape index (κ1) is 22.9. The number of likely N-dealkylation sites (tertiary alicyclic amines) is 1. The second-order valence-electron chi connectivity index (χ2n) is 7.70. The summed E-state index contributed by atoms with van der Waals surface area (Å²) in [6.07, 6.45) is 5.90. The van der Waals surface area contributed by atoms with Gasteiger partial charge in [0.15, 0.2) is 0 Å². The van der Waals surface area contributed by atoms with Crippen molar-refractivity contribution in [1.82, 2.24) is 14.9 Å². The highest BCUT2D eigenvalue weighted by molar-refractivity contribution is 7.89. The molecule has 3 atom stereocenters. The maximum Gasteiger partial charge on any atom is 0.241 e. The summed E-state index contributed by atoms with van der Waals surface area (Å²) in [5.74, 6) is -0.123. The molecule has 0 unspecified atom stereocenters. The minimum Gasteiger partial charge on any atom is -0.394 e. The Labute approximate surface area is 178 Å². The third kappa shape index (κ3) is 6.61. The Kier molecular flexibility index (Phi) is 8.41. The van der Waals surface area contributed by atoms with E-state index in [0.29, 0.717) is 6.54 Å². The molecular formula is C21H31N3O5S. The van der Waals surface area contributed by atoms with Gasteiger partial charge in [-0.3, -0.25) is 4.79 Å². The van der Waals surface area contributed by atoms with Crippen LogP contribution in [0.2, 0.25) is 0 Å². The second-order valence-corrected chi connectivity index (χ2v) is 9.41. The fourth-order valence-corrected chi connectivity index (χ4v) is 4.99. The van der Waals surface area contributed by atoms with Crippen LogP contribution in [0.1, 0.15) is 25.7 Å². The molecule has 1 aromatic carbocycles. The van der Waals surface area contributed by atoms with Crippen molar-refractivity contribution in [2.45, 2.75) is 48.8 Å². The number of amides is 1.